The number of H-pyrrole nitrogens is 1. The van der Waals surface area contributed by atoms with Crippen LogP contribution in [-0.2, 0) is 0 Å². The highest BCUT2D eigenvalue weighted by Gasteiger charge is 2.22. The number of nitrogens with one attached hydrogen (secondary N) is 1. The van der Waals surface area contributed by atoms with Crippen molar-refractivity contribution in [2.24, 2.45) is 5.92 Å². The summed E-state index contributed by atoms with van der Waals surface area (Å²) in [5, 5.41) is 1.10. The number of amides is 1. The highest BCUT2D eigenvalue weighted by atomic mass is 16.2. The smallest absolute Gasteiger partial charge is 0.253 e. The van der Waals surface area contributed by atoms with Crippen molar-refractivity contribution in [2.75, 3.05) is 13.1 Å². The van der Waals surface area contributed by atoms with E-state index in [1.54, 1.807) is 0 Å². The zero-order valence-electron chi connectivity index (χ0n) is 10.6. The van der Waals surface area contributed by atoms with Crippen molar-refractivity contribution in [3.8, 4) is 0 Å². The molecule has 1 unspecified atom stereocenters. The van der Waals surface area contributed by atoms with Gasteiger partial charge in [-0.1, -0.05) is 6.92 Å². The van der Waals surface area contributed by atoms with E-state index in [4.69, 9.17) is 0 Å². The number of nitrogens with zero attached hydrogens (tertiary/aromatic N) is 1. The lowest BCUT2D eigenvalue weighted by molar-refractivity contribution is 0.0683. The third kappa shape index (κ3) is 2.01. The van der Waals surface area contributed by atoms with Crippen LogP contribution in [0, 0.1) is 5.92 Å². The molecule has 1 fully saturated rings. The summed E-state index contributed by atoms with van der Waals surface area (Å²) in [7, 11) is 0. The molecule has 0 spiro atoms. The van der Waals surface area contributed by atoms with E-state index in [-0.39, 0.29) is 5.91 Å². The first-order valence-corrected chi connectivity index (χ1v) is 6.60. The molecule has 1 N–H and O–H groups in total. The molecule has 3 rings (SSSR count). The van der Waals surface area contributed by atoms with Crippen LogP contribution >= 0.6 is 0 Å². The molecule has 1 amide bonds. The van der Waals surface area contributed by atoms with Gasteiger partial charge in [0.05, 0.1) is 0 Å². The largest absolute Gasteiger partial charge is 0.361 e. The van der Waals surface area contributed by atoms with Crippen molar-refractivity contribution in [1.82, 2.24) is 9.88 Å². The summed E-state index contributed by atoms with van der Waals surface area (Å²) in [6.07, 6.45) is 4.27. The first kappa shape index (κ1) is 11.3. The third-order valence-electron chi connectivity index (χ3n) is 3.74. The second-order valence-electron chi connectivity index (χ2n) is 5.28. The van der Waals surface area contributed by atoms with E-state index < -0.39 is 0 Å². The number of carbonyl (C=O) groups excluding carboxylic acids is 1. The number of carbonyl (C=O) groups is 1. The maximum atomic E-state index is 12.4. The Morgan fingerprint density at radius 2 is 2.28 bits per heavy atom. The molecule has 2 aromatic rings. The van der Waals surface area contributed by atoms with E-state index >= 15 is 0 Å². The van der Waals surface area contributed by atoms with Gasteiger partial charge in [0.2, 0.25) is 0 Å². The lowest BCUT2D eigenvalue weighted by atomic mass is 9.99. The van der Waals surface area contributed by atoms with E-state index in [2.05, 4.69) is 11.9 Å². The molecule has 1 aliphatic heterocycles. The molecule has 0 saturated carbocycles. The molecule has 94 valence electrons. The SMILES string of the molecule is CC1CCCN(C(=O)c2ccc3[nH]ccc3c2)C1. The topological polar surface area (TPSA) is 36.1 Å². The number of likely N-dealkylation sites (tertiary alicyclic amines) is 1. The predicted octanol–water partition coefficient (Wildman–Crippen LogP) is 3.04. The minimum atomic E-state index is 0.171. The summed E-state index contributed by atoms with van der Waals surface area (Å²) in [5.41, 5.74) is 1.88. The quantitative estimate of drug-likeness (QED) is 0.819. The van der Waals surface area contributed by atoms with E-state index in [1.165, 1.54) is 6.42 Å². The number of hydrogen-bond acceptors (Lipinski definition) is 1. The Labute approximate surface area is 107 Å². The molecule has 1 atom stereocenters. The number of piperidine rings is 1. The van der Waals surface area contributed by atoms with Crippen molar-refractivity contribution in [1.29, 1.82) is 0 Å². The highest BCUT2D eigenvalue weighted by molar-refractivity contribution is 5.98. The summed E-state index contributed by atoms with van der Waals surface area (Å²) < 4.78 is 0. The first-order chi connectivity index (χ1) is 8.74. The molecule has 2 heterocycles. The van der Waals surface area contributed by atoms with Gasteiger partial charge in [-0.3, -0.25) is 4.79 Å². The molecule has 0 radical (unpaired) electrons. The Morgan fingerprint density at radius 1 is 1.39 bits per heavy atom. The van der Waals surface area contributed by atoms with Gasteiger partial charge in [0.15, 0.2) is 0 Å². The van der Waals surface area contributed by atoms with Crippen molar-refractivity contribution >= 4 is 16.8 Å². The van der Waals surface area contributed by atoms with Crippen molar-refractivity contribution in [3.63, 3.8) is 0 Å². The maximum Gasteiger partial charge on any atom is 0.253 e. The molecule has 0 bridgehead atoms. The van der Waals surface area contributed by atoms with Crippen molar-refractivity contribution in [3.05, 3.63) is 36.0 Å². The number of aromatic amines is 1. The molecular formula is C15H18N2O. The van der Waals surface area contributed by atoms with Gasteiger partial charge in [0, 0.05) is 35.8 Å². The third-order valence-corrected chi connectivity index (χ3v) is 3.74. The summed E-state index contributed by atoms with van der Waals surface area (Å²) in [4.78, 5) is 17.6. The minimum absolute atomic E-state index is 0.171. The van der Waals surface area contributed by atoms with Crippen LogP contribution in [0.25, 0.3) is 10.9 Å². The van der Waals surface area contributed by atoms with Crippen LogP contribution in [0.4, 0.5) is 0 Å². The van der Waals surface area contributed by atoms with Crippen LogP contribution in [0.2, 0.25) is 0 Å². The second-order valence-corrected chi connectivity index (χ2v) is 5.28. The Balaban J connectivity index is 1.86. The number of rotatable bonds is 1. The van der Waals surface area contributed by atoms with Gasteiger partial charge >= 0.3 is 0 Å². The first-order valence-electron chi connectivity index (χ1n) is 6.60. The van der Waals surface area contributed by atoms with Crippen LogP contribution < -0.4 is 0 Å². The van der Waals surface area contributed by atoms with E-state index in [9.17, 15) is 4.79 Å². The Bertz CT molecular complexity index is 573. The molecular weight excluding hydrogens is 224 g/mol. The minimum Gasteiger partial charge on any atom is -0.361 e. The number of fused-ring (bicyclic) bond motifs is 1. The van der Waals surface area contributed by atoms with Crippen LogP contribution in [0.5, 0.6) is 0 Å². The Kier molecular flexibility index (Phi) is 2.82. The summed E-state index contributed by atoms with van der Waals surface area (Å²) in [6, 6.07) is 7.88. The summed E-state index contributed by atoms with van der Waals surface area (Å²) >= 11 is 0. The zero-order chi connectivity index (χ0) is 12.5. The normalized spacial score (nSPS) is 20.3. The Morgan fingerprint density at radius 3 is 3.11 bits per heavy atom. The number of benzene rings is 1. The van der Waals surface area contributed by atoms with Gasteiger partial charge in [-0.05, 0) is 43.0 Å². The summed E-state index contributed by atoms with van der Waals surface area (Å²) in [5.74, 6) is 0.795. The molecule has 1 saturated heterocycles. The molecule has 3 heteroatoms. The standard InChI is InChI=1S/C15H18N2O/c1-11-3-2-8-17(10-11)15(18)13-4-5-14-12(9-13)6-7-16-14/h4-7,9,11,16H,2-3,8,10H2,1H3. The molecule has 3 nitrogen and oxygen atoms in total. The molecule has 1 aromatic carbocycles. The summed E-state index contributed by atoms with van der Waals surface area (Å²) in [6.45, 7) is 4.01. The predicted molar refractivity (Wildman–Crippen MR) is 72.6 cm³/mol. The number of hydrogen-bond donors (Lipinski definition) is 1. The van der Waals surface area contributed by atoms with Crippen molar-refractivity contribution < 1.29 is 4.79 Å². The van der Waals surface area contributed by atoms with Gasteiger partial charge in [0.1, 0.15) is 0 Å². The molecule has 18 heavy (non-hydrogen) atoms. The average molecular weight is 242 g/mol. The lowest BCUT2D eigenvalue weighted by Crippen LogP contribution is -2.39. The Hall–Kier alpha value is -1.77. The van der Waals surface area contributed by atoms with Crippen LogP contribution in [-0.4, -0.2) is 28.9 Å². The van der Waals surface area contributed by atoms with Gasteiger partial charge in [-0.25, -0.2) is 0 Å². The van der Waals surface area contributed by atoms with Crippen molar-refractivity contribution in [2.45, 2.75) is 19.8 Å². The highest BCUT2D eigenvalue weighted by Crippen LogP contribution is 2.20. The lowest BCUT2D eigenvalue weighted by Gasteiger charge is -2.31. The maximum absolute atomic E-state index is 12.4. The fraction of sp³-hybridized carbons (Fsp3) is 0.400. The van der Waals surface area contributed by atoms with Gasteiger partial charge in [-0.15, -0.1) is 0 Å². The average Bonchev–Trinajstić information content (AvgIpc) is 2.85. The van der Waals surface area contributed by atoms with Gasteiger partial charge in [0.25, 0.3) is 5.91 Å². The fourth-order valence-electron chi connectivity index (χ4n) is 2.74. The van der Waals surface area contributed by atoms with Crippen LogP contribution in [0.15, 0.2) is 30.5 Å². The number of aromatic nitrogens is 1. The van der Waals surface area contributed by atoms with Gasteiger partial charge < -0.3 is 9.88 Å². The van der Waals surface area contributed by atoms with Crippen LogP contribution in [0.1, 0.15) is 30.1 Å². The zero-order valence-corrected chi connectivity index (χ0v) is 10.6. The van der Waals surface area contributed by atoms with E-state index in [1.807, 2.05) is 35.4 Å². The monoisotopic (exact) mass is 242 g/mol. The molecule has 1 aromatic heterocycles. The fourth-order valence-corrected chi connectivity index (χ4v) is 2.74. The van der Waals surface area contributed by atoms with E-state index in [0.29, 0.717) is 5.92 Å². The second kappa shape index (κ2) is 4.48. The van der Waals surface area contributed by atoms with Crippen LogP contribution in [0.3, 0.4) is 0 Å². The van der Waals surface area contributed by atoms with Gasteiger partial charge in [-0.2, -0.15) is 0 Å². The van der Waals surface area contributed by atoms with E-state index in [0.717, 1.165) is 36.0 Å². The molecule has 1 aliphatic rings. The molecule has 0 aliphatic carbocycles.